The van der Waals surface area contributed by atoms with Gasteiger partial charge in [0.1, 0.15) is 0 Å². The van der Waals surface area contributed by atoms with Crippen molar-refractivity contribution < 1.29 is 14.3 Å². The molecule has 4 heteroatoms. The lowest BCUT2D eigenvalue weighted by Gasteiger charge is -2.13. The highest BCUT2D eigenvalue weighted by atomic mass is 16.5. The van der Waals surface area contributed by atoms with E-state index in [0.717, 1.165) is 26.3 Å². The summed E-state index contributed by atoms with van der Waals surface area (Å²) in [5, 5.41) is 0. The van der Waals surface area contributed by atoms with Crippen LogP contribution in [0.5, 0.6) is 0 Å². The molecule has 0 aliphatic carbocycles. The van der Waals surface area contributed by atoms with Crippen molar-refractivity contribution in [3.63, 3.8) is 0 Å². The smallest absolute Gasteiger partial charge is 0.330 e. The third kappa shape index (κ3) is 9.43. The Morgan fingerprint density at radius 3 is 2.67 bits per heavy atom. The van der Waals surface area contributed by atoms with Gasteiger partial charge < -0.3 is 14.4 Å². The van der Waals surface area contributed by atoms with Crippen LogP contribution >= 0.6 is 0 Å². The molecule has 0 aliphatic heterocycles. The first-order valence-corrected chi connectivity index (χ1v) is 5.30. The van der Waals surface area contributed by atoms with Crippen molar-refractivity contribution >= 4 is 5.97 Å². The zero-order chi connectivity index (χ0) is 11.5. The number of carbonyl (C=O) groups excluding carboxylic acids is 1. The molecule has 0 aromatic carbocycles. The average molecular weight is 215 g/mol. The maximum Gasteiger partial charge on any atom is 0.330 e. The molecule has 0 saturated heterocycles. The van der Waals surface area contributed by atoms with Gasteiger partial charge in [-0.25, -0.2) is 4.79 Å². The number of esters is 1. The first kappa shape index (κ1) is 14.1. The Kier molecular flexibility index (Phi) is 9.11. The minimum absolute atomic E-state index is 0.282. The molecule has 0 atom stereocenters. The van der Waals surface area contributed by atoms with E-state index in [1.165, 1.54) is 6.08 Å². The lowest BCUT2D eigenvalue weighted by Crippen LogP contribution is -2.23. The molecule has 88 valence electrons. The lowest BCUT2D eigenvalue weighted by atomic mass is 10.4. The predicted octanol–water partition coefficient (Wildman–Crippen LogP) is 1.07. The zero-order valence-electron chi connectivity index (χ0n) is 9.86. The normalized spacial score (nSPS) is 11.2. The maximum absolute atomic E-state index is 10.9. The Labute approximate surface area is 91.8 Å². The van der Waals surface area contributed by atoms with E-state index in [2.05, 4.69) is 4.90 Å². The first-order chi connectivity index (χ1) is 7.20. The molecule has 0 aliphatic rings. The van der Waals surface area contributed by atoms with Crippen LogP contribution in [-0.4, -0.2) is 50.8 Å². The molecule has 0 bridgehead atoms. The zero-order valence-corrected chi connectivity index (χ0v) is 9.86. The van der Waals surface area contributed by atoms with Crippen molar-refractivity contribution in [3.8, 4) is 0 Å². The lowest BCUT2D eigenvalue weighted by molar-refractivity contribution is -0.137. The molecule has 0 rings (SSSR count). The van der Waals surface area contributed by atoms with Crippen LogP contribution in [-0.2, 0) is 14.3 Å². The van der Waals surface area contributed by atoms with Gasteiger partial charge >= 0.3 is 5.97 Å². The molecule has 0 N–H and O–H groups in total. The third-order valence-corrected chi connectivity index (χ3v) is 1.78. The average Bonchev–Trinajstić information content (AvgIpc) is 2.18. The molecule has 0 fully saturated rings. The highest BCUT2D eigenvalue weighted by Crippen LogP contribution is 1.87. The van der Waals surface area contributed by atoms with E-state index in [4.69, 9.17) is 9.47 Å². The number of carbonyl (C=O) groups is 1. The molecular formula is C11H21NO3. The van der Waals surface area contributed by atoms with E-state index < -0.39 is 0 Å². The Morgan fingerprint density at radius 1 is 1.33 bits per heavy atom. The summed E-state index contributed by atoms with van der Waals surface area (Å²) < 4.78 is 9.97. The maximum atomic E-state index is 10.9. The van der Waals surface area contributed by atoms with Crippen LogP contribution in [0.3, 0.4) is 0 Å². The summed E-state index contributed by atoms with van der Waals surface area (Å²) >= 11 is 0. The minimum atomic E-state index is -0.282. The Bertz CT molecular complexity index is 192. The molecular weight excluding hydrogens is 194 g/mol. The van der Waals surface area contributed by atoms with E-state index in [1.807, 2.05) is 14.0 Å². The second-order valence-corrected chi connectivity index (χ2v) is 3.11. The van der Waals surface area contributed by atoms with E-state index >= 15 is 0 Å². The van der Waals surface area contributed by atoms with Gasteiger partial charge in [0, 0.05) is 25.8 Å². The fourth-order valence-electron chi connectivity index (χ4n) is 0.975. The summed E-state index contributed by atoms with van der Waals surface area (Å²) in [4.78, 5) is 13.0. The van der Waals surface area contributed by atoms with Crippen LogP contribution < -0.4 is 0 Å². The van der Waals surface area contributed by atoms with Crippen LogP contribution in [0.15, 0.2) is 12.2 Å². The van der Waals surface area contributed by atoms with Gasteiger partial charge in [-0.05, 0) is 20.9 Å². The van der Waals surface area contributed by atoms with Crippen LogP contribution in [0.4, 0.5) is 0 Å². The molecule has 0 amide bonds. The van der Waals surface area contributed by atoms with Gasteiger partial charge in [-0.3, -0.25) is 0 Å². The summed E-state index contributed by atoms with van der Waals surface area (Å²) in [7, 11) is 1.98. The quantitative estimate of drug-likeness (QED) is 0.345. The topological polar surface area (TPSA) is 38.8 Å². The molecule has 0 saturated carbocycles. The first-order valence-electron chi connectivity index (χ1n) is 5.30. The molecule has 0 aromatic heterocycles. The van der Waals surface area contributed by atoms with Crippen LogP contribution in [0.1, 0.15) is 13.8 Å². The summed E-state index contributed by atoms with van der Waals surface area (Å²) in [6.07, 6.45) is 3.25. The van der Waals surface area contributed by atoms with E-state index in [9.17, 15) is 4.79 Å². The van der Waals surface area contributed by atoms with Gasteiger partial charge in [0.25, 0.3) is 0 Å². The van der Waals surface area contributed by atoms with Gasteiger partial charge in [-0.1, -0.05) is 6.08 Å². The number of rotatable bonds is 8. The Hall–Kier alpha value is -0.870. The number of ether oxygens (including phenoxy) is 2. The van der Waals surface area contributed by atoms with Crippen LogP contribution in [0.2, 0.25) is 0 Å². The van der Waals surface area contributed by atoms with E-state index in [-0.39, 0.29) is 5.97 Å². The van der Waals surface area contributed by atoms with Gasteiger partial charge in [0.15, 0.2) is 0 Å². The monoisotopic (exact) mass is 215 g/mol. The van der Waals surface area contributed by atoms with Gasteiger partial charge in [-0.15, -0.1) is 0 Å². The SMILES string of the molecule is CCOCCN(C)C/C=C/C(=O)OCC. The molecule has 0 radical (unpaired) electrons. The highest BCUT2D eigenvalue weighted by molar-refractivity contribution is 5.81. The fraction of sp³-hybridized carbons (Fsp3) is 0.727. The molecule has 0 unspecified atom stereocenters. The van der Waals surface area contributed by atoms with Crippen molar-refractivity contribution in [1.29, 1.82) is 0 Å². The van der Waals surface area contributed by atoms with Crippen molar-refractivity contribution in [2.75, 3.05) is 40.0 Å². The van der Waals surface area contributed by atoms with Crippen molar-refractivity contribution in [1.82, 2.24) is 4.90 Å². The number of hydrogen-bond donors (Lipinski definition) is 0. The molecule has 0 aromatic rings. The van der Waals surface area contributed by atoms with Gasteiger partial charge in [-0.2, -0.15) is 0 Å². The van der Waals surface area contributed by atoms with Crippen LogP contribution in [0.25, 0.3) is 0 Å². The summed E-state index contributed by atoms with van der Waals surface area (Å²) in [5.74, 6) is -0.282. The molecule has 0 heterocycles. The standard InChI is InChI=1S/C11H21NO3/c1-4-14-10-9-12(3)8-6-7-11(13)15-5-2/h6-7H,4-5,8-10H2,1-3H3/b7-6+. The van der Waals surface area contributed by atoms with Crippen molar-refractivity contribution in [2.24, 2.45) is 0 Å². The van der Waals surface area contributed by atoms with E-state index in [1.54, 1.807) is 13.0 Å². The summed E-state index contributed by atoms with van der Waals surface area (Å²) in [6, 6.07) is 0. The van der Waals surface area contributed by atoms with Crippen molar-refractivity contribution in [2.45, 2.75) is 13.8 Å². The molecule has 0 spiro atoms. The molecule has 15 heavy (non-hydrogen) atoms. The predicted molar refractivity (Wildman–Crippen MR) is 59.8 cm³/mol. The van der Waals surface area contributed by atoms with Crippen molar-refractivity contribution in [3.05, 3.63) is 12.2 Å². The Morgan fingerprint density at radius 2 is 2.07 bits per heavy atom. The summed E-state index contributed by atoms with van der Waals surface area (Å²) in [5.41, 5.74) is 0. The van der Waals surface area contributed by atoms with Gasteiger partial charge in [0.2, 0.25) is 0 Å². The number of nitrogens with zero attached hydrogens (tertiary/aromatic N) is 1. The number of likely N-dealkylation sites (N-methyl/N-ethyl adjacent to an activating group) is 1. The Balaban J connectivity index is 3.51. The van der Waals surface area contributed by atoms with Gasteiger partial charge in [0.05, 0.1) is 13.2 Å². The number of hydrogen-bond acceptors (Lipinski definition) is 4. The van der Waals surface area contributed by atoms with Crippen LogP contribution in [0, 0.1) is 0 Å². The second kappa shape index (κ2) is 9.68. The second-order valence-electron chi connectivity index (χ2n) is 3.11. The van der Waals surface area contributed by atoms with E-state index in [0.29, 0.717) is 6.61 Å². The highest BCUT2D eigenvalue weighted by Gasteiger charge is 1.96. The fourth-order valence-corrected chi connectivity index (χ4v) is 0.975. The minimum Gasteiger partial charge on any atom is -0.463 e. The molecule has 4 nitrogen and oxygen atoms in total. The largest absolute Gasteiger partial charge is 0.463 e. The third-order valence-electron chi connectivity index (χ3n) is 1.78. The summed E-state index contributed by atoms with van der Waals surface area (Å²) in [6.45, 7) is 7.24.